The Kier molecular flexibility index (Phi) is 7.98. The van der Waals surface area contributed by atoms with Crippen LogP contribution in [0.3, 0.4) is 0 Å². The molecule has 4 heteroatoms. The van der Waals surface area contributed by atoms with E-state index in [1.165, 1.54) is 5.56 Å². The Morgan fingerprint density at radius 2 is 0.909 bits per heavy atom. The van der Waals surface area contributed by atoms with Crippen molar-refractivity contribution in [2.24, 2.45) is 0 Å². The molecule has 0 unspecified atom stereocenters. The highest BCUT2D eigenvalue weighted by atomic mass is 31.2. The van der Waals surface area contributed by atoms with Gasteiger partial charge in [0.1, 0.15) is 0 Å². The van der Waals surface area contributed by atoms with Crippen molar-refractivity contribution in [3.05, 3.63) is 235 Å². The van der Waals surface area contributed by atoms with E-state index in [4.69, 9.17) is 9.97 Å². The molecule has 1 heterocycles. The predicted octanol–water partition coefficient (Wildman–Crippen LogP) is 11.0. The van der Waals surface area contributed by atoms with Gasteiger partial charge in [-0.15, -0.1) is 0 Å². The first-order valence-electron chi connectivity index (χ1n) is 18.6. The molecule has 0 fully saturated rings. The van der Waals surface area contributed by atoms with Gasteiger partial charge < -0.3 is 4.57 Å². The minimum Gasteiger partial charge on any atom is -0.309 e. The third-order valence-electron chi connectivity index (χ3n) is 11.1. The summed E-state index contributed by atoms with van der Waals surface area (Å²) >= 11 is 0. The van der Waals surface area contributed by atoms with E-state index >= 15 is 4.57 Å². The molecule has 0 spiro atoms. The highest BCUT2D eigenvalue weighted by molar-refractivity contribution is 7.85. The van der Waals surface area contributed by atoms with Crippen LogP contribution in [0.25, 0.3) is 44.5 Å². The van der Waals surface area contributed by atoms with Crippen LogP contribution < -0.4 is 15.9 Å². The highest BCUT2D eigenvalue weighted by Gasteiger charge is 2.49. The lowest BCUT2D eigenvalue weighted by Crippen LogP contribution is -2.30. The fourth-order valence-electron chi connectivity index (χ4n) is 8.57. The number of aromatic nitrogens is 2. The minimum absolute atomic E-state index is 0.617. The molecule has 55 heavy (non-hydrogen) atoms. The van der Waals surface area contributed by atoms with E-state index < -0.39 is 12.6 Å². The zero-order valence-electron chi connectivity index (χ0n) is 30.0. The van der Waals surface area contributed by atoms with Crippen molar-refractivity contribution in [3.8, 4) is 33.8 Å². The van der Waals surface area contributed by atoms with Crippen LogP contribution in [0.5, 0.6) is 0 Å². The molecular formula is C51H35N2OP. The second-order valence-electron chi connectivity index (χ2n) is 14.0. The molecular weight excluding hydrogens is 688 g/mol. The summed E-state index contributed by atoms with van der Waals surface area (Å²) in [4.78, 5) is 11.2. The number of fused-ring (bicyclic) bond motifs is 4. The van der Waals surface area contributed by atoms with Crippen LogP contribution in [0.15, 0.2) is 212 Å². The lowest BCUT2D eigenvalue weighted by Gasteiger charge is -2.33. The summed E-state index contributed by atoms with van der Waals surface area (Å²) in [6, 6.07) is 72.9. The summed E-state index contributed by atoms with van der Waals surface area (Å²) in [6.07, 6.45) is 0. The molecule has 8 aromatic carbocycles. The van der Waals surface area contributed by atoms with Crippen LogP contribution in [0.2, 0.25) is 0 Å². The van der Waals surface area contributed by atoms with Gasteiger partial charge in [-0.25, -0.2) is 9.97 Å². The molecule has 9 aromatic rings. The molecule has 3 nitrogen and oxygen atoms in total. The third kappa shape index (κ3) is 5.16. The fourth-order valence-corrected chi connectivity index (χ4v) is 11.2. The summed E-state index contributed by atoms with van der Waals surface area (Å²) in [5, 5.41) is 4.65. The van der Waals surface area contributed by atoms with Crippen molar-refractivity contribution < 1.29 is 4.57 Å². The molecule has 0 bridgehead atoms. The zero-order valence-corrected chi connectivity index (χ0v) is 30.9. The Balaban J connectivity index is 1.27. The molecule has 1 aliphatic rings. The normalized spacial score (nSPS) is 12.9. The van der Waals surface area contributed by atoms with Gasteiger partial charge in [0.15, 0.2) is 13.0 Å². The third-order valence-corrected chi connectivity index (χ3v) is 14.1. The Hall–Kier alpha value is -6.67. The quantitative estimate of drug-likeness (QED) is 0.154. The van der Waals surface area contributed by atoms with Crippen molar-refractivity contribution in [3.63, 3.8) is 0 Å². The van der Waals surface area contributed by atoms with Crippen LogP contribution >= 0.6 is 7.14 Å². The molecule has 1 aromatic heterocycles. The topological polar surface area (TPSA) is 42.9 Å². The first-order chi connectivity index (χ1) is 27.2. The standard InChI is InChI=1S/C51H35N2OP/c54-55(40-24-9-3-10-25-40,41-26-11-4-12-27-41)42-34-32-37(33-35-42)50-52-48(44-30-17-19-36-18-13-14-28-43(36)44)47-45-29-15-16-31-46(45)51(49(47)53-50,38-20-5-1-6-21-38)39-22-7-2-8-23-39/h1-35H. The molecule has 0 N–H and O–H groups in total. The minimum atomic E-state index is -3.17. The van der Waals surface area contributed by atoms with Gasteiger partial charge in [0.2, 0.25) is 0 Å². The zero-order chi connectivity index (χ0) is 36.8. The van der Waals surface area contributed by atoms with E-state index in [0.717, 1.165) is 71.5 Å². The number of hydrogen-bond donors (Lipinski definition) is 0. The second-order valence-corrected chi connectivity index (χ2v) is 16.8. The van der Waals surface area contributed by atoms with E-state index in [0.29, 0.717) is 5.82 Å². The Labute approximate surface area is 321 Å². The lowest BCUT2D eigenvalue weighted by atomic mass is 9.69. The molecule has 260 valence electrons. The Morgan fingerprint density at radius 3 is 1.55 bits per heavy atom. The number of benzene rings is 8. The monoisotopic (exact) mass is 722 g/mol. The molecule has 10 rings (SSSR count). The van der Waals surface area contributed by atoms with Crippen LogP contribution in [0.1, 0.15) is 22.4 Å². The van der Waals surface area contributed by atoms with Gasteiger partial charge in [-0.3, -0.25) is 0 Å². The SMILES string of the molecule is O=P(c1ccccc1)(c1ccccc1)c1ccc(-c2nc(-c3cccc4ccccc34)c3c(n2)C(c2ccccc2)(c2ccccc2)c2ccccc2-3)cc1. The molecule has 0 saturated heterocycles. The average Bonchev–Trinajstić information content (AvgIpc) is 3.58. The van der Waals surface area contributed by atoms with E-state index in [9.17, 15) is 0 Å². The van der Waals surface area contributed by atoms with Crippen molar-refractivity contribution in [2.75, 3.05) is 0 Å². The van der Waals surface area contributed by atoms with Crippen molar-refractivity contribution >= 4 is 33.8 Å². The maximum absolute atomic E-state index is 15.3. The van der Waals surface area contributed by atoms with Gasteiger partial charge in [0.25, 0.3) is 0 Å². The second kappa shape index (κ2) is 13.3. The number of rotatable bonds is 7. The Morgan fingerprint density at radius 1 is 0.418 bits per heavy atom. The average molecular weight is 723 g/mol. The number of hydrogen-bond acceptors (Lipinski definition) is 3. The van der Waals surface area contributed by atoms with E-state index in [2.05, 4.69) is 127 Å². The summed E-state index contributed by atoms with van der Waals surface area (Å²) in [6.45, 7) is 0. The van der Waals surface area contributed by atoms with Gasteiger partial charge in [-0.2, -0.15) is 0 Å². The smallest absolute Gasteiger partial charge is 0.171 e. The van der Waals surface area contributed by atoms with Crippen LogP contribution in [0, 0.1) is 0 Å². The van der Waals surface area contributed by atoms with Gasteiger partial charge in [-0.1, -0.05) is 212 Å². The first kappa shape index (κ1) is 32.9. The maximum Gasteiger partial charge on any atom is 0.171 e. The van der Waals surface area contributed by atoms with Crippen molar-refractivity contribution in [1.82, 2.24) is 9.97 Å². The van der Waals surface area contributed by atoms with E-state index in [1.54, 1.807) is 0 Å². The van der Waals surface area contributed by atoms with Crippen molar-refractivity contribution in [2.45, 2.75) is 5.41 Å². The lowest BCUT2D eigenvalue weighted by molar-refractivity contribution is 0.592. The molecule has 0 atom stereocenters. The van der Waals surface area contributed by atoms with Crippen LogP contribution in [-0.2, 0) is 9.98 Å². The largest absolute Gasteiger partial charge is 0.309 e. The number of nitrogens with zero attached hydrogens (tertiary/aromatic N) is 2. The van der Waals surface area contributed by atoms with E-state index in [1.807, 2.05) is 84.9 Å². The first-order valence-corrected chi connectivity index (χ1v) is 20.3. The van der Waals surface area contributed by atoms with Gasteiger partial charge in [-0.05, 0) is 33.0 Å². The highest BCUT2D eigenvalue weighted by Crippen LogP contribution is 2.58. The summed E-state index contributed by atoms with van der Waals surface area (Å²) in [5.74, 6) is 0.617. The van der Waals surface area contributed by atoms with Gasteiger partial charge in [0.05, 0.1) is 16.8 Å². The molecule has 0 saturated carbocycles. The van der Waals surface area contributed by atoms with Gasteiger partial charge in [0, 0.05) is 32.6 Å². The molecule has 0 amide bonds. The fraction of sp³-hybridized carbons (Fsp3) is 0.0196. The Bertz CT molecular complexity index is 2790. The van der Waals surface area contributed by atoms with Crippen LogP contribution in [-0.4, -0.2) is 9.97 Å². The maximum atomic E-state index is 15.3. The summed E-state index contributed by atoms with van der Waals surface area (Å²) in [7, 11) is -3.17. The molecule has 0 radical (unpaired) electrons. The van der Waals surface area contributed by atoms with E-state index in [-0.39, 0.29) is 0 Å². The molecule has 1 aliphatic carbocycles. The van der Waals surface area contributed by atoms with Gasteiger partial charge >= 0.3 is 0 Å². The summed E-state index contributed by atoms with van der Waals surface area (Å²) < 4.78 is 15.3. The van der Waals surface area contributed by atoms with Crippen LogP contribution in [0.4, 0.5) is 0 Å². The summed E-state index contributed by atoms with van der Waals surface area (Å²) in [5.41, 5.74) is 8.67. The van der Waals surface area contributed by atoms with Crippen molar-refractivity contribution in [1.29, 1.82) is 0 Å². The predicted molar refractivity (Wildman–Crippen MR) is 227 cm³/mol. The molecule has 0 aliphatic heterocycles.